The van der Waals surface area contributed by atoms with Gasteiger partial charge in [-0.25, -0.2) is 4.79 Å². The van der Waals surface area contributed by atoms with Crippen LogP contribution in [-0.4, -0.2) is 16.1 Å². The number of benzene rings is 1. The van der Waals surface area contributed by atoms with E-state index in [1.165, 1.54) is 6.08 Å². The second kappa shape index (κ2) is 4.49. The number of nitrogens with one attached hydrogen (secondary N) is 1. The minimum atomic E-state index is -1.07. The van der Waals surface area contributed by atoms with Crippen LogP contribution >= 0.6 is 0 Å². The van der Waals surface area contributed by atoms with Crippen molar-refractivity contribution in [3.8, 4) is 0 Å². The number of aryl methyl sites for hydroxylation is 2. The van der Waals surface area contributed by atoms with E-state index in [1.807, 2.05) is 26.0 Å². The number of hydrogen-bond acceptors (Lipinski definition) is 2. The predicted octanol–water partition coefficient (Wildman–Crippen LogP) is 2.24. The van der Waals surface area contributed by atoms with Crippen molar-refractivity contribution in [3.05, 3.63) is 51.3 Å². The summed E-state index contributed by atoms with van der Waals surface area (Å²) in [6, 6.07) is 5.58. The zero-order valence-electron chi connectivity index (χ0n) is 10.2. The van der Waals surface area contributed by atoms with E-state index in [-0.39, 0.29) is 5.56 Å². The van der Waals surface area contributed by atoms with E-state index < -0.39 is 5.97 Å². The van der Waals surface area contributed by atoms with Crippen LogP contribution < -0.4 is 5.56 Å². The van der Waals surface area contributed by atoms with Crippen molar-refractivity contribution in [2.75, 3.05) is 0 Å². The molecule has 0 aliphatic heterocycles. The first-order chi connectivity index (χ1) is 8.47. The van der Waals surface area contributed by atoms with E-state index in [9.17, 15) is 9.59 Å². The molecule has 0 radical (unpaired) electrons. The van der Waals surface area contributed by atoms with E-state index in [4.69, 9.17) is 5.11 Å². The van der Waals surface area contributed by atoms with Crippen LogP contribution in [0.25, 0.3) is 17.0 Å². The first-order valence-corrected chi connectivity index (χ1v) is 5.52. The van der Waals surface area contributed by atoms with Gasteiger partial charge in [-0.1, -0.05) is 0 Å². The molecular formula is C14H13NO3. The SMILES string of the molecule is Cc1cc2cc(/C=C/C(=O)O)c(=O)[nH]c2cc1C. The molecule has 0 aliphatic carbocycles. The first-order valence-electron chi connectivity index (χ1n) is 5.52. The van der Waals surface area contributed by atoms with Crippen molar-refractivity contribution in [2.45, 2.75) is 13.8 Å². The van der Waals surface area contributed by atoms with E-state index in [0.29, 0.717) is 5.56 Å². The van der Waals surface area contributed by atoms with Gasteiger partial charge >= 0.3 is 5.97 Å². The van der Waals surface area contributed by atoms with Crippen molar-refractivity contribution in [2.24, 2.45) is 0 Å². The fourth-order valence-electron chi connectivity index (χ4n) is 1.78. The zero-order chi connectivity index (χ0) is 13.3. The number of carbonyl (C=O) groups is 1. The van der Waals surface area contributed by atoms with E-state index in [0.717, 1.165) is 28.1 Å². The summed E-state index contributed by atoms with van der Waals surface area (Å²) in [6.45, 7) is 3.97. The quantitative estimate of drug-likeness (QED) is 0.795. The molecule has 0 bridgehead atoms. The Balaban J connectivity index is 2.65. The highest BCUT2D eigenvalue weighted by Crippen LogP contribution is 2.17. The van der Waals surface area contributed by atoms with Gasteiger partial charge in [-0.05, 0) is 54.6 Å². The fourth-order valence-corrected chi connectivity index (χ4v) is 1.78. The van der Waals surface area contributed by atoms with Crippen molar-refractivity contribution in [1.29, 1.82) is 0 Å². The summed E-state index contributed by atoms with van der Waals surface area (Å²) in [5, 5.41) is 9.45. The van der Waals surface area contributed by atoms with Gasteiger partial charge in [-0.2, -0.15) is 0 Å². The number of aromatic nitrogens is 1. The Labute approximate surface area is 104 Å². The summed E-state index contributed by atoms with van der Waals surface area (Å²) < 4.78 is 0. The van der Waals surface area contributed by atoms with Gasteiger partial charge in [0.2, 0.25) is 0 Å². The lowest BCUT2D eigenvalue weighted by atomic mass is 10.0. The molecule has 4 nitrogen and oxygen atoms in total. The molecule has 2 aromatic rings. The van der Waals surface area contributed by atoms with Gasteiger partial charge in [-0.3, -0.25) is 4.79 Å². The fraction of sp³-hybridized carbons (Fsp3) is 0.143. The second-order valence-corrected chi connectivity index (χ2v) is 4.25. The molecule has 0 saturated carbocycles. The van der Waals surface area contributed by atoms with Crippen molar-refractivity contribution in [3.63, 3.8) is 0 Å². The van der Waals surface area contributed by atoms with Crippen LogP contribution in [0.3, 0.4) is 0 Å². The largest absolute Gasteiger partial charge is 0.478 e. The molecule has 0 fully saturated rings. The van der Waals surface area contributed by atoms with Crippen LogP contribution in [0.1, 0.15) is 16.7 Å². The predicted molar refractivity (Wildman–Crippen MR) is 70.7 cm³/mol. The van der Waals surface area contributed by atoms with Gasteiger partial charge in [0.1, 0.15) is 0 Å². The first kappa shape index (κ1) is 12.1. The van der Waals surface area contributed by atoms with Crippen LogP contribution in [0.5, 0.6) is 0 Å². The molecule has 4 heteroatoms. The Bertz CT molecular complexity index is 711. The molecule has 0 amide bonds. The number of rotatable bonds is 2. The molecule has 0 spiro atoms. The van der Waals surface area contributed by atoms with E-state index in [1.54, 1.807) is 6.07 Å². The lowest BCUT2D eigenvalue weighted by Crippen LogP contribution is -2.09. The molecule has 0 unspecified atom stereocenters. The summed E-state index contributed by atoms with van der Waals surface area (Å²) in [4.78, 5) is 24.9. The van der Waals surface area contributed by atoms with Crippen molar-refractivity contribution < 1.29 is 9.90 Å². The Hall–Kier alpha value is -2.36. The van der Waals surface area contributed by atoms with Gasteiger partial charge in [0.15, 0.2) is 0 Å². The standard InChI is InChI=1S/C14H13NO3/c1-8-5-11-7-10(3-4-13(16)17)14(18)15-12(11)6-9(8)2/h3-7H,1-2H3,(H,15,18)(H,16,17)/b4-3+. The third kappa shape index (κ3) is 2.32. The molecule has 0 aliphatic rings. The van der Waals surface area contributed by atoms with Gasteiger partial charge in [0, 0.05) is 17.2 Å². The second-order valence-electron chi connectivity index (χ2n) is 4.25. The maximum Gasteiger partial charge on any atom is 0.328 e. The molecule has 2 rings (SSSR count). The molecule has 1 heterocycles. The zero-order valence-corrected chi connectivity index (χ0v) is 10.2. The molecule has 1 aromatic carbocycles. The summed E-state index contributed by atoms with van der Waals surface area (Å²) >= 11 is 0. The molecule has 92 valence electrons. The van der Waals surface area contributed by atoms with E-state index in [2.05, 4.69) is 4.98 Å². The Morgan fingerprint density at radius 3 is 2.56 bits per heavy atom. The lowest BCUT2D eigenvalue weighted by Gasteiger charge is -2.04. The number of carboxylic acid groups (broad SMARTS) is 1. The number of fused-ring (bicyclic) bond motifs is 1. The highest BCUT2D eigenvalue weighted by molar-refractivity contribution is 5.87. The molecular weight excluding hydrogens is 230 g/mol. The number of hydrogen-bond donors (Lipinski definition) is 2. The maximum atomic E-state index is 11.7. The summed E-state index contributed by atoms with van der Waals surface area (Å²) in [6.07, 6.45) is 2.26. The number of carboxylic acids is 1. The monoisotopic (exact) mass is 243 g/mol. The molecule has 2 N–H and O–H groups in total. The Morgan fingerprint density at radius 2 is 1.89 bits per heavy atom. The van der Waals surface area contributed by atoms with Crippen LogP contribution in [0.15, 0.2) is 29.1 Å². The third-order valence-electron chi connectivity index (χ3n) is 2.89. The van der Waals surface area contributed by atoms with Crippen molar-refractivity contribution in [1.82, 2.24) is 4.98 Å². The summed E-state index contributed by atoms with van der Waals surface area (Å²) in [5.74, 6) is -1.07. The highest BCUT2D eigenvalue weighted by Gasteiger charge is 2.03. The summed E-state index contributed by atoms with van der Waals surface area (Å²) in [7, 11) is 0. The summed E-state index contributed by atoms with van der Waals surface area (Å²) in [5.41, 5.74) is 3.04. The molecule has 18 heavy (non-hydrogen) atoms. The minimum Gasteiger partial charge on any atom is -0.478 e. The minimum absolute atomic E-state index is 0.289. The maximum absolute atomic E-state index is 11.7. The average Bonchev–Trinajstić information content (AvgIpc) is 2.29. The number of aromatic amines is 1. The topological polar surface area (TPSA) is 70.2 Å². The van der Waals surface area contributed by atoms with Crippen LogP contribution in [-0.2, 0) is 4.79 Å². The third-order valence-corrected chi connectivity index (χ3v) is 2.89. The highest BCUT2D eigenvalue weighted by atomic mass is 16.4. The average molecular weight is 243 g/mol. The smallest absolute Gasteiger partial charge is 0.328 e. The Kier molecular flexibility index (Phi) is 3.02. The molecule has 0 saturated heterocycles. The normalized spacial score (nSPS) is 11.2. The van der Waals surface area contributed by atoms with Crippen LogP contribution in [0.2, 0.25) is 0 Å². The van der Waals surface area contributed by atoms with Gasteiger partial charge in [-0.15, -0.1) is 0 Å². The molecule has 1 aromatic heterocycles. The van der Waals surface area contributed by atoms with E-state index >= 15 is 0 Å². The lowest BCUT2D eigenvalue weighted by molar-refractivity contribution is -0.131. The number of pyridine rings is 1. The molecule has 0 atom stereocenters. The van der Waals surface area contributed by atoms with Gasteiger partial charge in [0.05, 0.1) is 0 Å². The number of H-pyrrole nitrogens is 1. The van der Waals surface area contributed by atoms with Crippen LogP contribution in [0.4, 0.5) is 0 Å². The Morgan fingerprint density at radius 1 is 1.22 bits per heavy atom. The van der Waals surface area contributed by atoms with Crippen LogP contribution in [0, 0.1) is 13.8 Å². The van der Waals surface area contributed by atoms with Gasteiger partial charge in [0.25, 0.3) is 5.56 Å². The van der Waals surface area contributed by atoms with Gasteiger partial charge < -0.3 is 10.1 Å². The van der Waals surface area contributed by atoms with Crippen molar-refractivity contribution >= 4 is 22.9 Å². The number of aliphatic carboxylic acids is 1.